The van der Waals surface area contributed by atoms with E-state index in [0.717, 1.165) is 5.69 Å². The van der Waals surface area contributed by atoms with Crippen molar-refractivity contribution in [1.29, 1.82) is 0 Å². The van der Waals surface area contributed by atoms with Gasteiger partial charge in [-0.25, -0.2) is 4.39 Å². The van der Waals surface area contributed by atoms with Gasteiger partial charge in [0.2, 0.25) is 6.04 Å². The fraction of sp³-hybridized carbons (Fsp3) is 0.200. The Morgan fingerprint density at radius 1 is 1.35 bits per heavy atom. The van der Waals surface area contributed by atoms with Crippen LogP contribution in [0.3, 0.4) is 0 Å². The van der Waals surface area contributed by atoms with Gasteiger partial charge in [-0.3, -0.25) is 4.79 Å². The number of carbonyl (C=O) groups excluding carboxylic acids is 1. The first-order valence-corrected chi connectivity index (χ1v) is 6.59. The summed E-state index contributed by atoms with van der Waals surface area (Å²) >= 11 is 5.89. The highest BCUT2D eigenvalue weighted by molar-refractivity contribution is 6.33. The Morgan fingerprint density at radius 2 is 2.10 bits per heavy atom. The lowest BCUT2D eigenvalue weighted by molar-refractivity contribution is -0.711. The number of carbonyl (C=O) groups is 1. The molecule has 0 saturated carbocycles. The summed E-state index contributed by atoms with van der Waals surface area (Å²) in [6, 6.07) is 9.18. The van der Waals surface area contributed by atoms with E-state index >= 15 is 0 Å². The van der Waals surface area contributed by atoms with Gasteiger partial charge in [-0.15, -0.1) is 0 Å². The largest absolute Gasteiger partial charge is 0.319 e. The third kappa shape index (κ3) is 3.14. The molecule has 1 atom stereocenters. The van der Waals surface area contributed by atoms with Crippen LogP contribution in [0, 0.1) is 12.7 Å². The molecule has 0 aliphatic carbocycles. The minimum atomic E-state index is -0.436. The molecule has 0 radical (unpaired) electrons. The average molecular weight is 294 g/mol. The topological polar surface area (TPSA) is 33.0 Å². The lowest BCUT2D eigenvalue weighted by Crippen LogP contribution is -2.46. The summed E-state index contributed by atoms with van der Waals surface area (Å²) in [4.78, 5) is 12.2. The number of rotatable bonds is 3. The highest BCUT2D eigenvalue weighted by atomic mass is 35.5. The van der Waals surface area contributed by atoms with Crippen LogP contribution in [-0.4, -0.2) is 5.91 Å². The van der Waals surface area contributed by atoms with Gasteiger partial charge in [0, 0.05) is 26.0 Å². The summed E-state index contributed by atoms with van der Waals surface area (Å²) in [6.07, 6.45) is 1.84. The zero-order chi connectivity index (χ0) is 14.7. The molecule has 1 aromatic heterocycles. The van der Waals surface area contributed by atoms with Gasteiger partial charge in [-0.1, -0.05) is 17.7 Å². The van der Waals surface area contributed by atoms with Crippen LogP contribution >= 0.6 is 11.6 Å². The fourth-order valence-electron chi connectivity index (χ4n) is 1.93. The molecule has 0 aliphatic heterocycles. The van der Waals surface area contributed by atoms with Gasteiger partial charge >= 0.3 is 0 Å². The zero-order valence-electron chi connectivity index (χ0n) is 11.2. The standard InChI is InChI=1S/C15H14ClFN2O/c1-10-5-3-4-8-19(10)11(2)15(20)18-14-7-6-12(17)9-13(14)16/h3-9,11H,1-2H3/p+1/t11-/m1/s1. The Bertz CT molecular complexity index is 646. The molecule has 1 amide bonds. The second kappa shape index (κ2) is 6.01. The molecule has 2 rings (SSSR count). The summed E-state index contributed by atoms with van der Waals surface area (Å²) in [5.74, 6) is -0.646. The molecule has 104 valence electrons. The third-order valence-corrected chi connectivity index (χ3v) is 3.40. The summed E-state index contributed by atoms with van der Waals surface area (Å²) in [6.45, 7) is 3.72. The van der Waals surface area contributed by atoms with E-state index in [2.05, 4.69) is 5.32 Å². The number of halogens is 2. The number of anilines is 1. The van der Waals surface area contributed by atoms with Gasteiger partial charge in [-0.2, -0.15) is 4.57 Å². The first-order chi connectivity index (χ1) is 9.49. The molecular formula is C15H15ClFN2O+. The van der Waals surface area contributed by atoms with Gasteiger partial charge in [0.25, 0.3) is 5.91 Å². The number of hydrogen-bond donors (Lipinski definition) is 1. The monoisotopic (exact) mass is 293 g/mol. The fourth-order valence-corrected chi connectivity index (χ4v) is 2.14. The first-order valence-electron chi connectivity index (χ1n) is 6.21. The minimum absolute atomic E-state index is 0.181. The van der Waals surface area contributed by atoms with E-state index in [0.29, 0.717) is 5.69 Å². The Balaban J connectivity index is 2.18. The van der Waals surface area contributed by atoms with Crippen molar-refractivity contribution in [1.82, 2.24) is 0 Å². The van der Waals surface area contributed by atoms with Crippen LogP contribution in [0.2, 0.25) is 5.02 Å². The van der Waals surface area contributed by atoms with Crippen molar-refractivity contribution >= 4 is 23.2 Å². The molecule has 1 aromatic carbocycles. The quantitative estimate of drug-likeness (QED) is 0.866. The van der Waals surface area contributed by atoms with Crippen molar-refractivity contribution in [3.8, 4) is 0 Å². The van der Waals surface area contributed by atoms with Gasteiger partial charge in [0.05, 0.1) is 10.7 Å². The van der Waals surface area contributed by atoms with Crippen molar-refractivity contribution in [3.63, 3.8) is 0 Å². The van der Waals surface area contributed by atoms with Gasteiger partial charge < -0.3 is 5.32 Å². The lowest BCUT2D eigenvalue weighted by atomic mass is 10.2. The smallest absolute Gasteiger partial charge is 0.293 e. The van der Waals surface area contributed by atoms with E-state index in [1.807, 2.05) is 35.9 Å². The number of hydrogen-bond acceptors (Lipinski definition) is 1. The van der Waals surface area contributed by atoms with E-state index < -0.39 is 11.9 Å². The molecular weight excluding hydrogens is 279 g/mol. The number of benzene rings is 1. The third-order valence-electron chi connectivity index (χ3n) is 3.09. The molecule has 0 bridgehead atoms. The number of nitrogens with one attached hydrogen (secondary N) is 1. The van der Waals surface area contributed by atoms with Crippen LogP contribution in [0.5, 0.6) is 0 Å². The van der Waals surface area contributed by atoms with Crippen LogP contribution in [0.15, 0.2) is 42.6 Å². The molecule has 0 spiro atoms. The van der Waals surface area contributed by atoms with Gasteiger partial charge in [-0.05, 0) is 18.2 Å². The van der Waals surface area contributed by atoms with E-state index in [1.54, 1.807) is 6.92 Å². The Hall–Kier alpha value is -1.94. The maximum absolute atomic E-state index is 13.0. The van der Waals surface area contributed by atoms with Crippen molar-refractivity contribution in [2.75, 3.05) is 5.32 Å². The van der Waals surface area contributed by atoms with E-state index in [9.17, 15) is 9.18 Å². The summed E-state index contributed by atoms with van der Waals surface area (Å²) < 4.78 is 14.8. The predicted octanol–water partition coefficient (Wildman–Crippen LogP) is 3.27. The summed E-state index contributed by atoms with van der Waals surface area (Å²) in [7, 11) is 0. The molecule has 2 aromatic rings. The summed E-state index contributed by atoms with van der Waals surface area (Å²) in [5, 5.41) is 2.89. The Kier molecular flexibility index (Phi) is 4.35. The molecule has 1 heterocycles. The van der Waals surface area contributed by atoms with Crippen LogP contribution in [0.4, 0.5) is 10.1 Å². The Labute approximate surface area is 122 Å². The Morgan fingerprint density at radius 3 is 2.75 bits per heavy atom. The maximum atomic E-state index is 13.0. The molecule has 3 nitrogen and oxygen atoms in total. The number of nitrogens with zero attached hydrogens (tertiary/aromatic N) is 1. The predicted molar refractivity (Wildman–Crippen MR) is 76.1 cm³/mol. The van der Waals surface area contributed by atoms with Gasteiger partial charge in [0.1, 0.15) is 5.82 Å². The number of amides is 1. The maximum Gasteiger partial charge on any atom is 0.293 e. The van der Waals surface area contributed by atoms with Crippen molar-refractivity contribution < 1.29 is 13.8 Å². The van der Waals surface area contributed by atoms with Crippen molar-refractivity contribution in [2.24, 2.45) is 0 Å². The number of aromatic nitrogens is 1. The van der Waals surface area contributed by atoms with E-state index in [1.165, 1.54) is 18.2 Å². The minimum Gasteiger partial charge on any atom is -0.319 e. The molecule has 20 heavy (non-hydrogen) atoms. The second-order valence-corrected chi connectivity index (χ2v) is 4.95. The van der Waals surface area contributed by atoms with Crippen LogP contribution in [-0.2, 0) is 4.79 Å². The second-order valence-electron chi connectivity index (χ2n) is 4.54. The summed E-state index contributed by atoms with van der Waals surface area (Å²) in [5.41, 5.74) is 1.37. The highest BCUT2D eigenvalue weighted by Crippen LogP contribution is 2.22. The highest BCUT2D eigenvalue weighted by Gasteiger charge is 2.24. The van der Waals surface area contributed by atoms with E-state index in [4.69, 9.17) is 11.6 Å². The van der Waals surface area contributed by atoms with E-state index in [-0.39, 0.29) is 10.9 Å². The van der Waals surface area contributed by atoms with Gasteiger partial charge in [0.15, 0.2) is 11.9 Å². The normalized spacial score (nSPS) is 12.0. The zero-order valence-corrected chi connectivity index (χ0v) is 12.0. The van der Waals surface area contributed by atoms with Crippen molar-refractivity contribution in [3.05, 3.63) is 59.1 Å². The van der Waals surface area contributed by atoms with Crippen LogP contribution < -0.4 is 9.88 Å². The van der Waals surface area contributed by atoms with Crippen LogP contribution in [0.25, 0.3) is 0 Å². The average Bonchev–Trinajstić information content (AvgIpc) is 2.41. The molecule has 5 heteroatoms. The molecule has 0 unspecified atom stereocenters. The lowest BCUT2D eigenvalue weighted by Gasteiger charge is -2.11. The SMILES string of the molecule is Cc1cccc[n+]1[C@H](C)C(=O)Nc1ccc(F)cc1Cl. The molecule has 0 fully saturated rings. The first kappa shape index (κ1) is 14.5. The molecule has 0 aliphatic rings. The molecule has 1 N–H and O–H groups in total. The molecule has 0 saturated heterocycles. The van der Waals surface area contributed by atoms with Crippen molar-refractivity contribution in [2.45, 2.75) is 19.9 Å². The number of pyridine rings is 1. The van der Waals surface area contributed by atoms with Crippen LogP contribution in [0.1, 0.15) is 18.7 Å². The number of aryl methyl sites for hydroxylation is 1.